The zero-order valence-corrected chi connectivity index (χ0v) is 20.1. The molecule has 2 amide bonds. The molecule has 0 aromatic heterocycles. The van der Waals surface area contributed by atoms with Gasteiger partial charge in [0.05, 0.1) is 13.7 Å². The standard InChI is InChI=1S/C24H34BN3O6/c1-16(2)13-21-23(30)27-19(24(31)32-3)7-5-4-6-12-33-18-10-8-17(9-11-18)14-20(22(29)28-21)26-15-34-25/h8-11,15-16,19-21H,4-7,12-14H2,1-3H3,(H,27,30)(H,28,29)/t19-,20-,21-/m0/s1. The number of hydrogen-bond donors (Lipinski definition) is 2. The first kappa shape index (κ1) is 27.2. The fraction of sp³-hybridized carbons (Fsp3) is 0.583. The Bertz CT molecular complexity index is 831. The SMILES string of the molecule is [B]OC=N[C@H]1Cc2ccc(cc2)OCCCCC[C@@H](C(=O)OC)NC(=O)[C@H](CC(C)C)NC1=O. The molecule has 2 heterocycles. The van der Waals surface area contributed by atoms with Crippen LogP contribution >= 0.6 is 0 Å². The highest BCUT2D eigenvalue weighted by Gasteiger charge is 2.29. The molecule has 1 aromatic rings. The van der Waals surface area contributed by atoms with E-state index in [-0.39, 0.29) is 12.3 Å². The highest BCUT2D eigenvalue weighted by Crippen LogP contribution is 2.16. The Morgan fingerprint density at radius 1 is 1.18 bits per heavy atom. The van der Waals surface area contributed by atoms with Gasteiger partial charge in [-0.25, -0.2) is 9.79 Å². The van der Waals surface area contributed by atoms with E-state index in [1.807, 2.05) is 38.1 Å². The third kappa shape index (κ3) is 9.07. The number of methoxy groups -OCH3 is 1. The molecule has 184 valence electrons. The molecule has 0 saturated carbocycles. The molecular formula is C24H34BN3O6. The van der Waals surface area contributed by atoms with Crippen LogP contribution in [0.2, 0.25) is 0 Å². The summed E-state index contributed by atoms with van der Waals surface area (Å²) in [5.41, 5.74) is 0.860. The number of carbonyl (C=O) groups excluding carboxylic acids is 3. The second-order valence-corrected chi connectivity index (χ2v) is 8.73. The number of fused-ring (bicyclic) bond motifs is 15. The molecule has 0 aliphatic carbocycles. The molecular weight excluding hydrogens is 437 g/mol. The number of nitrogens with one attached hydrogen (secondary N) is 2. The summed E-state index contributed by atoms with van der Waals surface area (Å²) in [5.74, 6) is -0.561. The summed E-state index contributed by atoms with van der Waals surface area (Å²) < 4.78 is 15.1. The van der Waals surface area contributed by atoms with Crippen molar-refractivity contribution in [3.05, 3.63) is 29.8 Å². The third-order valence-electron chi connectivity index (χ3n) is 5.50. The summed E-state index contributed by atoms with van der Waals surface area (Å²) in [6.45, 7) is 4.43. The Kier molecular flexibility index (Phi) is 11.4. The van der Waals surface area contributed by atoms with E-state index in [4.69, 9.17) is 17.5 Å². The van der Waals surface area contributed by atoms with Gasteiger partial charge < -0.3 is 24.8 Å². The number of carbonyl (C=O) groups is 3. The predicted octanol–water partition coefficient (Wildman–Crippen LogP) is 1.87. The maximum absolute atomic E-state index is 13.1. The summed E-state index contributed by atoms with van der Waals surface area (Å²) in [6, 6.07) is 4.93. The van der Waals surface area contributed by atoms with E-state index in [0.717, 1.165) is 30.6 Å². The van der Waals surface area contributed by atoms with Crippen LogP contribution in [0.1, 0.15) is 51.5 Å². The average molecular weight is 471 g/mol. The van der Waals surface area contributed by atoms with Gasteiger partial charge in [-0.2, -0.15) is 0 Å². The Balaban J connectivity index is 2.31. The number of hydrogen-bond acceptors (Lipinski definition) is 7. The minimum atomic E-state index is -0.868. The number of nitrogens with zero attached hydrogens (tertiary/aromatic N) is 1. The van der Waals surface area contributed by atoms with Crippen LogP contribution in [0.5, 0.6) is 5.75 Å². The first-order valence-corrected chi connectivity index (χ1v) is 11.6. The van der Waals surface area contributed by atoms with Gasteiger partial charge >= 0.3 is 14.0 Å². The van der Waals surface area contributed by atoms with Crippen LogP contribution in [0.25, 0.3) is 0 Å². The fourth-order valence-electron chi connectivity index (χ4n) is 3.72. The van der Waals surface area contributed by atoms with Crippen LogP contribution in [0.15, 0.2) is 29.3 Å². The van der Waals surface area contributed by atoms with Crippen molar-refractivity contribution in [1.82, 2.24) is 10.6 Å². The number of benzene rings is 1. The van der Waals surface area contributed by atoms with Crippen LogP contribution in [-0.4, -0.2) is 64.1 Å². The summed E-state index contributed by atoms with van der Waals surface area (Å²) in [4.78, 5) is 42.6. The first-order chi connectivity index (χ1) is 16.3. The van der Waals surface area contributed by atoms with Gasteiger partial charge in [-0.1, -0.05) is 32.4 Å². The van der Waals surface area contributed by atoms with E-state index >= 15 is 0 Å². The second kappa shape index (κ2) is 14.3. The average Bonchev–Trinajstić information content (AvgIpc) is 2.81. The van der Waals surface area contributed by atoms with Crippen molar-refractivity contribution in [2.75, 3.05) is 13.7 Å². The Morgan fingerprint density at radius 3 is 2.56 bits per heavy atom. The Hall–Kier alpha value is -3.04. The molecule has 0 spiro atoms. The van der Waals surface area contributed by atoms with Gasteiger partial charge in [-0.15, -0.1) is 0 Å². The van der Waals surface area contributed by atoms with Crippen LogP contribution in [0, 0.1) is 5.92 Å². The quantitative estimate of drug-likeness (QED) is 0.293. The topological polar surface area (TPSA) is 115 Å². The summed E-state index contributed by atoms with van der Waals surface area (Å²) >= 11 is 0. The first-order valence-electron chi connectivity index (χ1n) is 11.6. The predicted molar refractivity (Wildman–Crippen MR) is 129 cm³/mol. The number of amides is 2. The molecule has 2 N–H and O–H groups in total. The van der Waals surface area contributed by atoms with Crippen molar-refractivity contribution in [2.24, 2.45) is 10.9 Å². The van der Waals surface area contributed by atoms with E-state index in [9.17, 15) is 14.4 Å². The molecule has 2 aliphatic heterocycles. The van der Waals surface area contributed by atoms with Crippen molar-refractivity contribution >= 4 is 32.2 Å². The van der Waals surface area contributed by atoms with E-state index in [0.29, 0.717) is 25.9 Å². The normalized spacial score (nSPS) is 22.9. The lowest BCUT2D eigenvalue weighted by atomic mass is 10.0. The van der Waals surface area contributed by atoms with E-state index < -0.39 is 35.9 Å². The van der Waals surface area contributed by atoms with E-state index in [1.165, 1.54) is 7.11 Å². The van der Waals surface area contributed by atoms with Gasteiger partial charge in [0, 0.05) is 6.42 Å². The van der Waals surface area contributed by atoms with Gasteiger partial charge in [0.25, 0.3) is 0 Å². The summed E-state index contributed by atoms with van der Waals surface area (Å²) in [7, 11) is 6.35. The number of ether oxygens (including phenoxy) is 2. The maximum Gasteiger partial charge on any atom is 0.375 e. The molecule has 9 nitrogen and oxygen atoms in total. The molecule has 3 atom stereocenters. The lowest BCUT2D eigenvalue weighted by molar-refractivity contribution is -0.145. The van der Waals surface area contributed by atoms with Crippen molar-refractivity contribution in [3.63, 3.8) is 0 Å². The monoisotopic (exact) mass is 471 g/mol. The van der Waals surface area contributed by atoms with Gasteiger partial charge in [0.15, 0.2) is 6.40 Å². The Labute approximate surface area is 202 Å². The van der Waals surface area contributed by atoms with Gasteiger partial charge in [-0.05, 0) is 49.3 Å². The zero-order valence-electron chi connectivity index (χ0n) is 20.1. The highest BCUT2D eigenvalue weighted by molar-refractivity contribution is 6.02. The second-order valence-electron chi connectivity index (χ2n) is 8.73. The largest absolute Gasteiger partial charge is 0.560 e. The van der Waals surface area contributed by atoms with E-state index in [2.05, 4.69) is 20.3 Å². The summed E-state index contributed by atoms with van der Waals surface area (Å²) in [5, 5.41) is 5.55. The van der Waals surface area contributed by atoms with Crippen molar-refractivity contribution in [3.8, 4) is 5.75 Å². The minimum absolute atomic E-state index is 0.118. The lowest BCUT2D eigenvalue weighted by Crippen LogP contribution is -2.53. The van der Waals surface area contributed by atoms with Gasteiger partial charge in [0.2, 0.25) is 11.8 Å². The zero-order chi connectivity index (χ0) is 24.9. The number of rotatable bonds is 5. The van der Waals surface area contributed by atoms with E-state index in [1.54, 1.807) is 0 Å². The van der Waals surface area contributed by atoms with Crippen LogP contribution in [0.3, 0.4) is 0 Å². The molecule has 1 aromatic carbocycles. The number of aliphatic imine (C=N–C) groups is 1. The van der Waals surface area contributed by atoms with Crippen LogP contribution in [-0.2, 0) is 30.2 Å². The molecule has 2 aliphatic rings. The van der Waals surface area contributed by atoms with Gasteiger partial charge in [0.1, 0.15) is 23.9 Å². The third-order valence-corrected chi connectivity index (χ3v) is 5.50. The molecule has 0 unspecified atom stereocenters. The molecule has 0 saturated heterocycles. The van der Waals surface area contributed by atoms with Gasteiger partial charge in [-0.3, -0.25) is 9.59 Å². The van der Waals surface area contributed by atoms with Crippen molar-refractivity contribution in [2.45, 2.75) is 70.5 Å². The molecule has 0 fully saturated rings. The highest BCUT2D eigenvalue weighted by atomic mass is 16.5. The van der Waals surface area contributed by atoms with Crippen LogP contribution in [0.4, 0.5) is 0 Å². The minimum Gasteiger partial charge on any atom is -0.560 e. The van der Waals surface area contributed by atoms with Crippen molar-refractivity contribution in [1.29, 1.82) is 0 Å². The molecule has 3 rings (SSSR count). The smallest absolute Gasteiger partial charge is 0.375 e. The lowest BCUT2D eigenvalue weighted by Gasteiger charge is -2.25. The molecule has 2 bridgehead atoms. The Morgan fingerprint density at radius 2 is 1.91 bits per heavy atom. The maximum atomic E-state index is 13.1. The van der Waals surface area contributed by atoms with Crippen molar-refractivity contribution < 1.29 is 28.5 Å². The number of esters is 1. The molecule has 2 radical (unpaired) electrons. The molecule has 10 heteroatoms. The summed E-state index contributed by atoms with van der Waals surface area (Å²) in [6.07, 6.45) is 4.43. The molecule has 34 heavy (non-hydrogen) atoms. The fourth-order valence-corrected chi connectivity index (χ4v) is 3.72. The van der Waals surface area contributed by atoms with Crippen LogP contribution < -0.4 is 15.4 Å².